The van der Waals surface area contributed by atoms with Crippen molar-refractivity contribution in [1.82, 2.24) is 20.1 Å². The minimum atomic E-state index is 0.184. The fourth-order valence-electron chi connectivity index (χ4n) is 8.24. The van der Waals surface area contributed by atoms with Crippen molar-refractivity contribution >= 4 is 16.9 Å². The van der Waals surface area contributed by atoms with E-state index in [0.717, 1.165) is 52.3 Å². The number of carbonyl (C=O) groups is 1. The summed E-state index contributed by atoms with van der Waals surface area (Å²) in [7, 11) is 0. The lowest BCUT2D eigenvalue weighted by atomic mass is 9.48. The quantitative estimate of drug-likeness (QED) is 0.481. The number of benzene rings is 1. The van der Waals surface area contributed by atoms with Gasteiger partial charge in [0, 0.05) is 23.5 Å². The van der Waals surface area contributed by atoms with E-state index in [0.29, 0.717) is 11.8 Å². The number of carbonyl (C=O) groups excluding carboxylic acids is 1. The molecule has 5 nitrogen and oxygen atoms in total. The lowest BCUT2D eigenvalue weighted by Crippen LogP contribution is -2.55. The van der Waals surface area contributed by atoms with Crippen LogP contribution in [0.2, 0.25) is 0 Å². The van der Waals surface area contributed by atoms with E-state index >= 15 is 0 Å². The van der Waals surface area contributed by atoms with Crippen LogP contribution >= 0.6 is 0 Å². The van der Waals surface area contributed by atoms with E-state index in [2.05, 4.69) is 45.1 Å². The molecule has 1 atom stereocenters. The van der Waals surface area contributed by atoms with Crippen LogP contribution in [-0.2, 0) is 11.2 Å². The Balaban J connectivity index is 1.18. The summed E-state index contributed by atoms with van der Waals surface area (Å²) in [5.74, 6) is 2.90. The van der Waals surface area contributed by atoms with Gasteiger partial charge < -0.3 is 5.32 Å². The molecular weight excluding hydrogens is 432 g/mol. The van der Waals surface area contributed by atoms with Gasteiger partial charge in [0.15, 0.2) is 5.65 Å². The minimum absolute atomic E-state index is 0.184. The van der Waals surface area contributed by atoms with Crippen molar-refractivity contribution in [1.29, 1.82) is 0 Å². The Hall–Kier alpha value is -2.69. The van der Waals surface area contributed by atoms with Crippen LogP contribution in [0.25, 0.3) is 16.7 Å². The van der Waals surface area contributed by atoms with E-state index in [4.69, 9.17) is 10.1 Å². The van der Waals surface area contributed by atoms with Gasteiger partial charge in [0.05, 0.1) is 11.4 Å². The molecule has 2 heterocycles. The van der Waals surface area contributed by atoms with E-state index in [1.165, 1.54) is 49.7 Å². The van der Waals surface area contributed by atoms with Crippen molar-refractivity contribution in [3.63, 3.8) is 0 Å². The Morgan fingerprint density at radius 1 is 1.03 bits per heavy atom. The molecule has 1 aromatic carbocycles. The SMILES string of the molecule is Cc1nc2c(c(C)nn2-c2ccccc2)c(C)c1CCC(=O)N[C@H](C)C12CC3CC(CC(C3)C1)C2. The van der Waals surface area contributed by atoms with Crippen molar-refractivity contribution in [2.45, 2.75) is 85.1 Å². The van der Waals surface area contributed by atoms with E-state index in [-0.39, 0.29) is 11.9 Å². The van der Waals surface area contributed by atoms with Crippen molar-refractivity contribution in [2.24, 2.45) is 23.2 Å². The third-order valence-corrected chi connectivity index (χ3v) is 9.56. The van der Waals surface area contributed by atoms with Gasteiger partial charge >= 0.3 is 0 Å². The summed E-state index contributed by atoms with van der Waals surface area (Å²) < 4.78 is 1.94. The van der Waals surface area contributed by atoms with Crippen LogP contribution in [-0.4, -0.2) is 26.7 Å². The molecular formula is C30H38N4O. The minimum Gasteiger partial charge on any atom is -0.353 e. The number of nitrogens with zero attached hydrogens (tertiary/aromatic N) is 3. The molecule has 0 aliphatic heterocycles. The summed E-state index contributed by atoms with van der Waals surface area (Å²) in [6, 6.07) is 10.4. The number of aromatic nitrogens is 3. The third-order valence-electron chi connectivity index (χ3n) is 9.56. The lowest BCUT2D eigenvalue weighted by molar-refractivity contribution is -0.125. The molecule has 184 valence electrons. The van der Waals surface area contributed by atoms with Gasteiger partial charge in [0.2, 0.25) is 5.91 Å². The smallest absolute Gasteiger partial charge is 0.220 e. The summed E-state index contributed by atoms with van der Waals surface area (Å²) in [5.41, 5.74) is 6.62. The molecule has 1 amide bonds. The summed E-state index contributed by atoms with van der Waals surface area (Å²) >= 11 is 0. The molecule has 3 aromatic rings. The fraction of sp³-hybridized carbons (Fsp3) is 0.567. The highest BCUT2D eigenvalue weighted by Crippen LogP contribution is 2.61. The molecule has 0 spiro atoms. The number of para-hydroxylation sites is 1. The lowest BCUT2D eigenvalue weighted by Gasteiger charge is -2.59. The molecule has 4 bridgehead atoms. The number of rotatable bonds is 6. The molecule has 35 heavy (non-hydrogen) atoms. The number of aryl methyl sites for hydroxylation is 3. The summed E-state index contributed by atoms with van der Waals surface area (Å²) in [4.78, 5) is 18.1. The van der Waals surface area contributed by atoms with Crippen LogP contribution in [0.1, 0.15) is 74.4 Å². The molecule has 2 aromatic heterocycles. The van der Waals surface area contributed by atoms with Gasteiger partial charge in [-0.05, 0) is 119 Å². The van der Waals surface area contributed by atoms with Crippen LogP contribution in [0.3, 0.4) is 0 Å². The van der Waals surface area contributed by atoms with Gasteiger partial charge in [0.1, 0.15) is 0 Å². The van der Waals surface area contributed by atoms with Gasteiger partial charge in [0.25, 0.3) is 0 Å². The largest absolute Gasteiger partial charge is 0.353 e. The molecule has 1 N–H and O–H groups in total. The molecule has 4 saturated carbocycles. The highest BCUT2D eigenvalue weighted by molar-refractivity contribution is 5.85. The van der Waals surface area contributed by atoms with Crippen molar-refractivity contribution in [3.8, 4) is 5.69 Å². The Labute approximate surface area is 208 Å². The zero-order chi connectivity index (χ0) is 24.3. The van der Waals surface area contributed by atoms with Crippen molar-refractivity contribution in [3.05, 3.63) is 52.8 Å². The summed E-state index contributed by atoms with van der Waals surface area (Å²) in [6.45, 7) is 8.55. The number of amides is 1. The fourth-order valence-corrected chi connectivity index (χ4v) is 8.24. The Morgan fingerprint density at radius 2 is 1.66 bits per heavy atom. The monoisotopic (exact) mass is 470 g/mol. The van der Waals surface area contributed by atoms with E-state index < -0.39 is 0 Å². The van der Waals surface area contributed by atoms with E-state index in [1.54, 1.807) is 0 Å². The maximum Gasteiger partial charge on any atom is 0.220 e. The van der Waals surface area contributed by atoms with E-state index in [9.17, 15) is 4.79 Å². The third kappa shape index (κ3) is 3.88. The number of pyridine rings is 1. The molecule has 4 aliphatic rings. The summed E-state index contributed by atoms with van der Waals surface area (Å²) in [6.07, 6.45) is 9.52. The van der Waals surface area contributed by atoms with Gasteiger partial charge in [-0.2, -0.15) is 5.10 Å². The van der Waals surface area contributed by atoms with Crippen molar-refractivity contribution in [2.75, 3.05) is 0 Å². The highest BCUT2D eigenvalue weighted by Gasteiger charge is 2.53. The number of nitrogens with one attached hydrogen (secondary N) is 1. The second kappa shape index (κ2) is 8.46. The zero-order valence-electron chi connectivity index (χ0n) is 21.6. The average Bonchev–Trinajstić information content (AvgIpc) is 3.14. The molecule has 5 heteroatoms. The number of fused-ring (bicyclic) bond motifs is 1. The Kier molecular flexibility index (Phi) is 5.50. The van der Waals surface area contributed by atoms with Crippen LogP contribution in [0.15, 0.2) is 30.3 Å². The average molecular weight is 471 g/mol. The first-order valence-electron chi connectivity index (χ1n) is 13.5. The topological polar surface area (TPSA) is 59.8 Å². The second-order valence-electron chi connectivity index (χ2n) is 11.9. The van der Waals surface area contributed by atoms with Crippen LogP contribution < -0.4 is 5.32 Å². The Morgan fingerprint density at radius 3 is 2.29 bits per heavy atom. The van der Waals surface area contributed by atoms with Gasteiger partial charge in [-0.1, -0.05) is 18.2 Å². The predicted octanol–water partition coefficient (Wildman–Crippen LogP) is 6.00. The normalized spacial score (nSPS) is 27.9. The zero-order valence-corrected chi connectivity index (χ0v) is 21.6. The maximum atomic E-state index is 13.1. The Bertz CT molecular complexity index is 1240. The van der Waals surface area contributed by atoms with Crippen molar-refractivity contribution < 1.29 is 4.79 Å². The standard InChI is InChI=1S/C30H38N4O/c1-18-26(19(2)31-29-28(18)20(3)33-34(29)25-8-6-5-7-9-25)10-11-27(35)32-21(4)30-15-22-12-23(16-30)14-24(13-22)17-30/h5-9,21-24H,10-17H2,1-4H3,(H,32,35)/t21-,22?,23?,24?,30?/m1/s1. The highest BCUT2D eigenvalue weighted by atomic mass is 16.1. The molecule has 0 saturated heterocycles. The van der Waals surface area contributed by atoms with Gasteiger partial charge in [-0.3, -0.25) is 4.79 Å². The maximum absolute atomic E-state index is 13.1. The second-order valence-corrected chi connectivity index (χ2v) is 11.9. The molecule has 4 aliphatic carbocycles. The first-order valence-corrected chi connectivity index (χ1v) is 13.5. The summed E-state index contributed by atoms with van der Waals surface area (Å²) in [5, 5.41) is 9.36. The van der Waals surface area contributed by atoms with E-state index in [1.807, 2.05) is 22.9 Å². The molecule has 4 fully saturated rings. The first-order chi connectivity index (χ1) is 16.8. The van der Waals surface area contributed by atoms with Crippen LogP contribution in [0.4, 0.5) is 0 Å². The van der Waals surface area contributed by atoms with Gasteiger partial charge in [-0.25, -0.2) is 9.67 Å². The molecule has 7 rings (SSSR count). The molecule has 0 radical (unpaired) electrons. The molecule has 0 unspecified atom stereocenters. The van der Waals surface area contributed by atoms with Crippen LogP contribution in [0, 0.1) is 43.9 Å². The number of hydrogen-bond acceptors (Lipinski definition) is 3. The number of hydrogen-bond donors (Lipinski definition) is 1. The predicted molar refractivity (Wildman–Crippen MR) is 140 cm³/mol. The van der Waals surface area contributed by atoms with Gasteiger partial charge in [-0.15, -0.1) is 0 Å². The van der Waals surface area contributed by atoms with Crippen LogP contribution in [0.5, 0.6) is 0 Å². The first kappa shape index (κ1) is 22.8.